The van der Waals surface area contributed by atoms with Crippen molar-refractivity contribution in [3.8, 4) is 17.1 Å². The summed E-state index contributed by atoms with van der Waals surface area (Å²) in [5.41, 5.74) is 0.832. The molecule has 1 aliphatic rings. The highest BCUT2D eigenvalue weighted by Crippen LogP contribution is 2.52. The van der Waals surface area contributed by atoms with E-state index in [-0.39, 0.29) is 5.41 Å². The summed E-state index contributed by atoms with van der Waals surface area (Å²) in [4.78, 5) is 4.91. The second kappa shape index (κ2) is 4.09. The first-order valence-electron chi connectivity index (χ1n) is 5.77. The van der Waals surface area contributed by atoms with Gasteiger partial charge in [0.05, 0.1) is 18.1 Å². The number of halogens is 1. The molecule has 2 atom stereocenters. The average molecular weight is 309 g/mol. The number of methoxy groups -OCH3 is 1. The van der Waals surface area contributed by atoms with Gasteiger partial charge in [-0.15, -0.1) is 0 Å². The van der Waals surface area contributed by atoms with Gasteiger partial charge in [-0.25, -0.2) is 0 Å². The van der Waals surface area contributed by atoms with Crippen LogP contribution in [-0.2, 0) is 5.41 Å². The summed E-state index contributed by atoms with van der Waals surface area (Å²) < 4.78 is 10.7. The van der Waals surface area contributed by atoms with Crippen molar-refractivity contribution < 1.29 is 9.26 Å². The molecule has 1 aromatic heterocycles. The summed E-state index contributed by atoms with van der Waals surface area (Å²) >= 11 is 3.58. The molecule has 1 saturated carbocycles. The Balaban J connectivity index is 1.98. The molecule has 1 aliphatic carbocycles. The zero-order valence-corrected chi connectivity index (χ0v) is 11.8. The molecule has 18 heavy (non-hydrogen) atoms. The molecular weight excluding hydrogens is 296 g/mol. The lowest BCUT2D eigenvalue weighted by atomic mass is 10.1. The molecule has 94 valence electrons. The Morgan fingerprint density at radius 2 is 2.17 bits per heavy atom. The van der Waals surface area contributed by atoms with E-state index in [0.29, 0.717) is 16.5 Å². The topological polar surface area (TPSA) is 48.2 Å². The summed E-state index contributed by atoms with van der Waals surface area (Å²) in [5, 5.41) is 4.05. The van der Waals surface area contributed by atoms with Crippen molar-refractivity contribution in [1.82, 2.24) is 10.1 Å². The van der Waals surface area contributed by atoms with E-state index in [2.05, 4.69) is 33.0 Å². The van der Waals surface area contributed by atoms with Crippen LogP contribution in [0.4, 0.5) is 0 Å². The van der Waals surface area contributed by atoms with Crippen LogP contribution in [0.5, 0.6) is 5.75 Å². The van der Waals surface area contributed by atoms with Crippen LogP contribution in [0, 0.1) is 0 Å². The van der Waals surface area contributed by atoms with E-state index < -0.39 is 0 Å². The first-order chi connectivity index (χ1) is 8.65. The smallest absolute Gasteiger partial charge is 0.234 e. The van der Waals surface area contributed by atoms with Crippen LogP contribution in [0.25, 0.3) is 11.4 Å². The molecule has 2 aromatic rings. The van der Waals surface area contributed by atoms with Gasteiger partial charge in [-0.1, -0.05) is 33.2 Å². The van der Waals surface area contributed by atoms with Crippen LogP contribution in [0.2, 0.25) is 0 Å². The molecule has 1 heterocycles. The van der Waals surface area contributed by atoms with Gasteiger partial charge in [0.25, 0.3) is 0 Å². The number of aromatic nitrogens is 2. The lowest BCUT2D eigenvalue weighted by Crippen LogP contribution is -2.04. The Bertz CT molecular complexity index is 584. The molecule has 0 N–H and O–H groups in total. The second-order valence-electron chi connectivity index (χ2n) is 4.71. The Hall–Kier alpha value is -1.36. The van der Waals surface area contributed by atoms with Crippen molar-refractivity contribution in [2.75, 3.05) is 7.11 Å². The van der Waals surface area contributed by atoms with Crippen molar-refractivity contribution in [3.05, 3.63) is 30.2 Å². The Morgan fingerprint density at radius 1 is 1.44 bits per heavy atom. The number of ether oxygens (including phenoxy) is 1. The second-order valence-corrected chi connectivity index (χ2v) is 5.82. The van der Waals surface area contributed by atoms with Gasteiger partial charge in [0.15, 0.2) is 0 Å². The van der Waals surface area contributed by atoms with Crippen LogP contribution < -0.4 is 4.74 Å². The molecule has 0 saturated heterocycles. The standard InChI is InChI=1S/C13H13BrN2O2/c1-13(7-10(13)14)12-15-11(16-18-12)8-5-3-4-6-9(8)17-2/h3-6,10H,7H2,1-2H3. The summed E-state index contributed by atoms with van der Waals surface area (Å²) in [6.45, 7) is 2.12. The fraction of sp³-hybridized carbons (Fsp3) is 0.385. The van der Waals surface area contributed by atoms with E-state index in [1.807, 2.05) is 24.3 Å². The maximum atomic E-state index is 5.37. The molecule has 0 aliphatic heterocycles. The van der Waals surface area contributed by atoms with Crippen molar-refractivity contribution in [3.63, 3.8) is 0 Å². The van der Waals surface area contributed by atoms with Gasteiger partial charge in [0, 0.05) is 4.83 Å². The largest absolute Gasteiger partial charge is 0.496 e. The molecule has 0 bridgehead atoms. The summed E-state index contributed by atoms with van der Waals surface area (Å²) in [6.07, 6.45) is 1.03. The third-order valence-corrected chi connectivity index (χ3v) is 4.73. The Kier molecular flexibility index (Phi) is 2.66. The van der Waals surface area contributed by atoms with Gasteiger partial charge in [-0.3, -0.25) is 0 Å². The number of hydrogen-bond donors (Lipinski definition) is 0. The highest BCUT2D eigenvalue weighted by atomic mass is 79.9. The van der Waals surface area contributed by atoms with Crippen molar-refractivity contribution in [2.45, 2.75) is 23.6 Å². The van der Waals surface area contributed by atoms with Crippen molar-refractivity contribution >= 4 is 15.9 Å². The van der Waals surface area contributed by atoms with E-state index in [1.54, 1.807) is 7.11 Å². The summed E-state index contributed by atoms with van der Waals surface area (Å²) in [5.74, 6) is 2.02. The molecule has 0 spiro atoms. The third-order valence-electron chi connectivity index (χ3n) is 3.40. The SMILES string of the molecule is COc1ccccc1-c1noc(C2(C)CC2Br)n1. The van der Waals surface area contributed by atoms with Crippen molar-refractivity contribution in [2.24, 2.45) is 0 Å². The monoisotopic (exact) mass is 308 g/mol. The Morgan fingerprint density at radius 3 is 2.83 bits per heavy atom. The van der Waals surface area contributed by atoms with E-state index >= 15 is 0 Å². The minimum absolute atomic E-state index is 0.0206. The number of alkyl halides is 1. The van der Waals surface area contributed by atoms with E-state index in [0.717, 1.165) is 17.7 Å². The van der Waals surface area contributed by atoms with Crippen LogP contribution in [0.3, 0.4) is 0 Å². The fourth-order valence-corrected chi connectivity index (χ4v) is 2.80. The number of rotatable bonds is 3. The molecule has 1 fully saturated rings. The zero-order valence-electron chi connectivity index (χ0n) is 10.2. The molecule has 0 radical (unpaired) electrons. The predicted octanol–water partition coefficient (Wildman–Crippen LogP) is 3.17. The molecule has 2 unspecified atom stereocenters. The number of benzene rings is 1. The van der Waals surface area contributed by atoms with Gasteiger partial charge in [-0.2, -0.15) is 4.98 Å². The van der Waals surface area contributed by atoms with E-state index in [1.165, 1.54) is 0 Å². The summed E-state index contributed by atoms with van der Waals surface area (Å²) in [7, 11) is 1.64. The fourth-order valence-electron chi connectivity index (χ4n) is 1.93. The van der Waals surface area contributed by atoms with Gasteiger partial charge in [0.1, 0.15) is 5.75 Å². The molecular formula is C13H13BrN2O2. The highest BCUT2D eigenvalue weighted by Gasteiger charge is 2.54. The molecule has 5 heteroatoms. The van der Waals surface area contributed by atoms with Crippen LogP contribution in [0.15, 0.2) is 28.8 Å². The van der Waals surface area contributed by atoms with Crippen LogP contribution in [0.1, 0.15) is 19.2 Å². The third kappa shape index (κ3) is 1.73. The predicted molar refractivity (Wildman–Crippen MR) is 71.0 cm³/mol. The zero-order chi connectivity index (χ0) is 12.8. The quantitative estimate of drug-likeness (QED) is 0.817. The van der Waals surface area contributed by atoms with E-state index in [9.17, 15) is 0 Å². The van der Waals surface area contributed by atoms with Crippen LogP contribution >= 0.6 is 15.9 Å². The Labute approximate surface area is 113 Å². The lowest BCUT2D eigenvalue weighted by Gasteiger charge is -2.03. The first kappa shape index (κ1) is 11.7. The van der Waals surface area contributed by atoms with Gasteiger partial charge in [-0.05, 0) is 25.5 Å². The minimum Gasteiger partial charge on any atom is -0.496 e. The maximum absolute atomic E-state index is 5.37. The molecule has 0 amide bonds. The van der Waals surface area contributed by atoms with Gasteiger partial charge >= 0.3 is 0 Å². The maximum Gasteiger partial charge on any atom is 0.234 e. The number of para-hydroxylation sites is 1. The van der Waals surface area contributed by atoms with Gasteiger partial charge in [0.2, 0.25) is 11.7 Å². The molecule has 3 rings (SSSR count). The number of nitrogens with zero attached hydrogens (tertiary/aromatic N) is 2. The van der Waals surface area contributed by atoms with E-state index in [4.69, 9.17) is 9.26 Å². The molecule has 4 nitrogen and oxygen atoms in total. The summed E-state index contributed by atoms with van der Waals surface area (Å²) in [6, 6.07) is 7.66. The average Bonchev–Trinajstić information content (AvgIpc) is 2.84. The number of hydrogen-bond acceptors (Lipinski definition) is 4. The minimum atomic E-state index is -0.0206. The lowest BCUT2D eigenvalue weighted by molar-refractivity contribution is 0.354. The molecule has 1 aromatic carbocycles. The van der Waals surface area contributed by atoms with Gasteiger partial charge < -0.3 is 9.26 Å². The van der Waals surface area contributed by atoms with Crippen LogP contribution in [-0.4, -0.2) is 22.1 Å². The van der Waals surface area contributed by atoms with Crippen molar-refractivity contribution in [1.29, 1.82) is 0 Å². The first-order valence-corrected chi connectivity index (χ1v) is 6.68. The highest BCUT2D eigenvalue weighted by molar-refractivity contribution is 9.09. The normalized spacial score (nSPS) is 26.1.